The summed E-state index contributed by atoms with van der Waals surface area (Å²) in [5.41, 5.74) is 2.71. The van der Waals surface area contributed by atoms with Crippen LogP contribution in [-0.4, -0.2) is 13.1 Å². The van der Waals surface area contributed by atoms with Gasteiger partial charge in [-0.15, -0.1) is 0 Å². The van der Waals surface area contributed by atoms with Crippen molar-refractivity contribution in [3.05, 3.63) is 65.2 Å². The summed E-state index contributed by atoms with van der Waals surface area (Å²) in [7, 11) is 1.38. The minimum absolute atomic E-state index is 0.0298. The highest BCUT2D eigenvalue weighted by Crippen LogP contribution is 2.27. The Morgan fingerprint density at radius 2 is 1.76 bits per heavy atom. The van der Waals surface area contributed by atoms with E-state index in [-0.39, 0.29) is 12.1 Å². The van der Waals surface area contributed by atoms with Gasteiger partial charge in [-0.1, -0.05) is 37.3 Å². The summed E-state index contributed by atoms with van der Waals surface area (Å²) in [5, 5.41) is 0. The van der Waals surface area contributed by atoms with Gasteiger partial charge in [0.05, 0.1) is 12.7 Å². The van der Waals surface area contributed by atoms with Crippen molar-refractivity contribution < 1.29 is 14.3 Å². The van der Waals surface area contributed by atoms with Crippen LogP contribution in [0.1, 0.15) is 40.9 Å². The van der Waals surface area contributed by atoms with Crippen molar-refractivity contribution >= 4 is 5.97 Å². The fourth-order valence-corrected chi connectivity index (χ4v) is 2.18. The lowest BCUT2D eigenvalue weighted by Crippen LogP contribution is -2.08. The number of benzene rings is 2. The van der Waals surface area contributed by atoms with E-state index in [1.54, 1.807) is 12.1 Å². The van der Waals surface area contributed by atoms with Gasteiger partial charge in [0.15, 0.2) is 0 Å². The van der Waals surface area contributed by atoms with E-state index in [0.717, 1.165) is 23.3 Å². The summed E-state index contributed by atoms with van der Waals surface area (Å²) in [5.74, 6) is 0.566. The van der Waals surface area contributed by atoms with Crippen molar-refractivity contribution in [2.45, 2.75) is 26.4 Å². The maximum Gasteiger partial charge on any atom is 0.337 e. The predicted molar refractivity (Wildman–Crippen MR) is 82.6 cm³/mol. The van der Waals surface area contributed by atoms with Crippen molar-refractivity contribution in [1.82, 2.24) is 0 Å². The molecule has 21 heavy (non-hydrogen) atoms. The minimum atomic E-state index is -0.325. The fraction of sp³-hybridized carbons (Fsp3) is 0.278. The molecule has 1 unspecified atom stereocenters. The lowest BCUT2D eigenvalue weighted by atomic mass is 10.0. The Morgan fingerprint density at radius 3 is 2.33 bits per heavy atom. The molecular formula is C18H20O3. The number of esters is 1. The van der Waals surface area contributed by atoms with Crippen LogP contribution in [0, 0.1) is 6.92 Å². The molecule has 0 aromatic heterocycles. The molecule has 0 aliphatic rings. The van der Waals surface area contributed by atoms with Crippen LogP contribution in [0.15, 0.2) is 48.5 Å². The molecule has 0 bridgehead atoms. The van der Waals surface area contributed by atoms with Crippen molar-refractivity contribution in [3.63, 3.8) is 0 Å². The number of ether oxygens (including phenoxy) is 2. The molecule has 0 spiro atoms. The molecule has 0 N–H and O–H groups in total. The summed E-state index contributed by atoms with van der Waals surface area (Å²) in [6.07, 6.45) is 0.823. The molecule has 2 aromatic carbocycles. The third kappa shape index (κ3) is 3.63. The topological polar surface area (TPSA) is 35.5 Å². The fourth-order valence-electron chi connectivity index (χ4n) is 2.18. The van der Waals surface area contributed by atoms with Crippen LogP contribution in [0.3, 0.4) is 0 Å². The molecule has 0 amide bonds. The van der Waals surface area contributed by atoms with Gasteiger partial charge in [-0.2, -0.15) is 0 Å². The average Bonchev–Trinajstić information content (AvgIpc) is 2.53. The molecule has 110 valence electrons. The Hall–Kier alpha value is -2.29. The Kier molecular flexibility index (Phi) is 4.99. The van der Waals surface area contributed by atoms with Gasteiger partial charge in [0.25, 0.3) is 0 Å². The molecule has 0 saturated carbocycles. The first kappa shape index (κ1) is 15.1. The maximum absolute atomic E-state index is 11.4. The van der Waals surface area contributed by atoms with Gasteiger partial charge < -0.3 is 9.47 Å². The predicted octanol–water partition coefficient (Wildman–Crippen LogP) is 4.31. The normalized spacial score (nSPS) is 11.8. The smallest absolute Gasteiger partial charge is 0.337 e. The minimum Gasteiger partial charge on any atom is -0.485 e. The van der Waals surface area contributed by atoms with E-state index in [9.17, 15) is 4.79 Å². The number of hydrogen-bond donors (Lipinski definition) is 0. The molecule has 0 aliphatic heterocycles. The first-order valence-corrected chi connectivity index (χ1v) is 7.06. The first-order chi connectivity index (χ1) is 10.2. The van der Waals surface area contributed by atoms with Gasteiger partial charge in [-0.3, -0.25) is 0 Å². The summed E-state index contributed by atoms with van der Waals surface area (Å²) in [6.45, 7) is 4.11. The van der Waals surface area contributed by atoms with E-state index < -0.39 is 0 Å². The lowest BCUT2D eigenvalue weighted by Gasteiger charge is -2.19. The van der Waals surface area contributed by atoms with Crippen molar-refractivity contribution in [3.8, 4) is 5.75 Å². The van der Waals surface area contributed by atoms with E-state index in [1.165, 1.54) is 7.11 Å². The third-order valence-corrected chi connectivity index (χ3v) is 3.44. The molecular weight excluding hydrogens is 264 g/mol. The monoisotopic (exact) mass is 284 g/mol. The summed E-state index contributed by atoms with van der Waals surface area (Å²) in [6, 6.07) is 15.3. The van der Waals surface area contributed by atoms with Crippen molar-refractivity contribution in [1.29, 1.82) is 0 Å². The maximum atomic E-state index is 11.4. The highest BCUT2D eigenvalue weighted by Gasteiger charge is 2.13. The highest BCUT2D eigenvalue weighted by molar-refractivity contribution is 5.89. The molecule has 0 radical (unpaired) electrons. The number of methoxy groups -OCH3 is 1. The quantitative estimate of drug-likeness (QED) is 0.767. The Bertz CT molecular complexity index is 602. The number of rotatable bonds is 5. The van der Waals surface area contributed by atoms with E-state index >= 15 is 0 Å². The van der Waals surface area contributed by atoms with Gasteiger partial charge in [-0.05, 0) is 42.7 Å². The zero-order valence-electron chi connectivity index (χ0n) is 12.6. The number of aryl methyl sites for hydroxylation is 1. The number of hydrogen-bond acceptors (Lipinski definition) is 3. The molecule has 0 saturated heterocycles. The molecule has 2 aromatic rings. The molecule has 3 nitrogen and oxygen atoms in total. The number of carbonyl (C=O) groups excluding carboxylic acids is 1. The van der Waals surface area contributed by atoms with Gasteiger partial charge in [-0.25, -0.2) is 4.79 Å². The molecule has 2 rings (SSSR count). The van der Waals surface area contributed by atoms with E-state index in [4.69, 9.17) is 9.47 Å². The lowest BCUT2D eigenvalue weighted by molar-refractivity contribution is 0.0600. The Morgan fingerprint density at radius 1 is 1.10 bits per heavy atom. The summed E-state index contributed by atoms with van der Waals surface area (Å²) >= 11 is 0. The Balaban J connectivity index is 2.18. The van der Waals surface area contributed by atoms with Crippen LogP contribution in [0.25, 0.3) is 0 Å². The summed E-state index contributed by atoms with van der Waals surface area (Å²) in [4.78, 5) is 11.4. The summed E-state index contributed by atoms with van der Waals surface area (Å²) < 4.78 is 10.8. The van der Waals surface area contributed by atoms with Crippen LogP contribution < -0.4 is 4.74 Å². The SMILES string of the molecule is CCC(Oc1ccccc1C)c1ccc(C(=O)OC)cc1. The number of carbonyl (C=O) groups is 1. The second-order valence-corrected chi connectivity index (χ2v) is 4.89. The molecule has 1 atom stereocenters. The molecule has 0 aliphatic carbocycles. The van der Waals surface area contributed by atoms with Gasteiger partial charge >= 0.3 is 5.97 Å². The van der Waals surface area contributed by atoms with Gasteiger partial charge in [0.2, 0.25) is 0 Å². The third-order valence-electron chi connectivity index (χ3n) is 3.44. The van der Waals surface area contributed by atoms with Crippen LogP contribution in [-0.2, 0) is 4.74 Å². The largest absolute Gasteiger partial charge is 0.485 e. The van der Waals surface area contributed by atoms with Crippen LogP contribution in [0.5, 0.6) is 5.75 Å². The van der Waals surface area contributed by atoms with Crippen molar-refractivity contribution in [2.75, 3.05) is 7.11 Å². The molecule has 3 heteroatoms. The van der Waals surface area contributed by atoms with Gasteiger partial charge in [0.1, 0.15) is 11.9 Å². The van der Waals surface area contributed by atoms with E-state index in [2.05, 4.69) is 6.92 Å². The van der Waals surface area contributed by atoms with E-state index in [0.29, 0.717) is 5.56 Å². The van der Waals surface area contributed by atoms with Gasteiger partial charge in [0, 0.05) is 0 Å². The average molecular weight is 284 g/mol. The second kappa shape index (κ2) is 6.93. The zero-order chi connectivity index (χ0) is 15.2. The van der Waals surface area contributed by atoms with Crippen LogP contribution >= 0.6 is 0 Å². The molecule has 0 heterocycles. The van der Waals surface area contributed by atoms with E-state index in [1.807, 2.05) is 43.3 Å². The van der Waals surface area contributed by atoms with Crippen molar-refractivity contribution in [2.24, 2.45) is 0 Å². The first-order valence-electron chi connectivity index (χ1n) is 7.06. The zero-order valence-corrected chi connectivity index (χ0v) is 12.6. The van der Waals surface area contributed by atoms with Crippen LogP contribution in [0.2, 0.25) is 0 Å². The Labute approximate surface area is 125 Å². The van der Waals surface area contributed by atoms with Crippen LogP contribution in [0.4, 0.5) is 0 Å². The molecule has 0 fully saturated rings. The highest BCUT2D eigenvalue weighted by atomic mass is 16.5. The second-order valence-electron chi connectivity index (χ2n) is 4.89. The number of para-hydroxylation sites is 1. The standard InChI is InChI=1S/C18H20O3/c1-4-16(21-17-8-6-5-7-13(17)2)14-9-11-15(12-10-14)18(19)20-3/h5-12,16H,4H2,1-3H3.